The quantitative estimate of drug-likeness (QED) is 0.185. The molecule has 3 aromatic rings. The highest BCUT2D eigenvalue weighted by molar-refractivity contribution is 6.46. The molecule has 1 aromatic heterocycles. The number of ether oxygens (including phenoxy) is 1. The molecule has 0 saturated carbocycles. The first kappa shape index (κ1) is 24.5. The Labute approximate surface area is 209 Å². The van der Waals surface area contributed by atoms with E-state index in [1.54, 1.807) is 60.9 Å². The Morgan fingerprint density at radius 1 is 1.14 bits per heavy atom. The summed E-state index contributed by atoms with van der Waals surface area (Å²) in [7, 11) is 0. The van der Waals surface area contributed by atoms with Crippen molar-refractivity contribution in [3.8, 4) is 5.75 Å². The molecule has 1 fully saturated rings. The van der Waals surface area contributed by atoms with Gasteiger partial charge in [-0.15, -0.1) is 0 Å². The number of aliphatic hydroxyl groups excluding tert-OH is 1. The van der Waals surface area contributed by atoms with Crippen molar-refractivity contribution in [1.29, 1.82) is 0 Å². The molecule has 0 unspecified atom stereocenters. The number of likely N-dealkylation sites (tertiary alicyclic amines) is 1. The molecule has 1 amide bonds. The van der Waals surface area contributed by atoms with Crippen molar-refractivity contribution in [3.63, 3.8) is 0 Å². The maximum absolute atomic E-state index is 13.2. The standard InChI is InChI=1S/C28H27ClN2O4/c1-3-4-14-35-23-12-9-21(15-18(23)2)26(32)24-25(20-7-10-22(29)11-8-20)31(28(34)27(24)33)17-19-6-5-13-30-16-19/h5-13,15-16,25,32H,3-4,14,17H2,1-2H3/b26-24+/t25-/m0/s1. The van der Waals surface area contributed by atoms with Crippen LogP contribution in [0.15, 0.2) is 72.6 Å². The third kappa shape index (κ3) is 5.23. The molecule has 2 aromatic carbocycles. The van der Waals surface area contributed by atoms with Gasteiger partial charge in [-0.1, -0.05) is 43.1 Å². The monoisotopic (exact) mass is 490 g/mol. The third-order valence-electron chi connectivity index (χ3n) is 6.01. The molecule has 0 radical (unpaired) electrons. The van der Waals surface area contributed by atoms with Gasteiger partial charge in [0.2, 0.25) is 0 Å². The van der Waals surface area contributed by atoms with Gasteiger partial charge in [0, 0.05) is 29.5 Å². The molecule has 7 heteroatoms. The summed E-state index contributed by atoms with van der Waals surface area (Å²) in [4.78, 5) is 31.9. The Balaban J connectivity index is 1.77. The highest BCUT2D eigenvalue weighted by Gasteiger charge is 2.46. The number of pyridine rings is 1. The number of amides is 1. The molecule has 1 aliphatic heterocycles. The number of hydrogen-bond donors (Lipinski definition) is 1. The number of rotatable bonds is 8. The van der Waals surface area contributed by atoms with Gasteiger partial charge >= 0.3 is 0 Å². The zero-order valence-electron chi connectivity index (χ0n) is 19.7. The van der Waals surface area contributed by atoms with Gasteiger partial charge in [0.15, 0.2) is 0 Å². The number of hydrogen-bond acceptors (Lipinski definition) is 5. The van der Waals surface area contributed by atoms with Crippen molar-refractivity contribution in [1.82, 2.24) is 9.88 Å². The highest BCUT2D eigenvalue weighted by atomic mass is 35.5. The summed E-state index contributed by atoms with van der Waals surface area (Å²) in [5.74, 6) is -0.902. The maximum Gasteiger partial charge on any atom is 0.295 e. The Kier molecular flexibility index (Phi) is 7.51. The van der Waals surface area contributed by atoms with E-state index in [0.717, 1.165) is 29.7 Å². The van der Waals surface area contributed by atoms with Crippen molar-refractivity contribution >= 4 is 29.1 Å². The lowest BCUT2D eigenvalue weighted by Crippen LogP contribution is -2.29. The van der Waals surface area contributed by atoms with E-state index in [0.29, 0.717) is 22.8 Å². The molecule has 1 atom stereocenters. The number of carbonyl (C=O) groups excluding carboxylic acids is 2. The average Bonchev–Trinajstić information content (AvgIpc) is 3.10. The number of aliphatic hydroxyl groups is 1. The predicted molar refractivity (Wildman–Crippen MR) is 135 cm³/mol. The van der Waals surface area contributed by atoms with Crippen LogP contribution in [0, 0.1) is 6.92 Å². The van der Waals surface area contributed by atoms with Crippen LogP contribution in [-0.2, 0) is 16.1 Å². The lowest BCUT2D eigenvalue weighted by Gasteiger charge is -2.25. The number of aryl methyl sites for hydroxylation is 1. The van der Waals surface area contributed by atoms with Crippen LogP contribution in [0.3, 0.4) is 0 Å². The number of carbonyl (C=O) groups is 2. The van der Waals surface area contributed by atoms with Crippen LogP contribution in [0.1, 0.15) is 48.1 Å². The maximum atomic E-state index is 13.2. The lowest BCUT2D eigenvalue weighted by atomic mass is 9.94. The third-order valence-corrected chi connectivity index (χ3v) is 6.26. The van der Waals surface area contributed by atoms with Crippen molar-refractivity contribution < 1.29 is 19.4 Å². The Morgan fingerprint density at radius 2 is 1.91 bits per heavy atom. The largest absolute Gasteiger partial charge is 0.507 e. The van der Waals surface area contributed by atoms with E-state index in [4.69, 9.17) is 16.3 Å². The minimum Gasteiger partial charge on any atom is -0.507 e. The summed E-state index contributed by atoms with van der Waals surface area (Å²) >= 11 is 6.09. The van der Waals surface area contributed by atoms with Crippen LogP contribution < -0.4 is 4.74 Å². The van der Waals surface area contributed by atoms with E-state index in [-0.39, 0.29) is 17.9 Å². The SMILES string of the molecule is CCCCOc1ccc(/C(O)=C2\C(=O)C(=O)N(Cc3cccnc3)[C@H]2c2ccc(Cl)cc2)cc1C. The van der Waals surface area contributed by atoms with Crippen molar-refractivity contribution in [2.24, 2.45) is 0 Å². The zero-order valence-corrected chi connectivity index (χ0v) is 20.5. The van der Waals surface area contributed by atoms with Gasteiger partial charge < -0.3 is 14.7 Å². The van der Waals surface area contributed by atoms with E-state index in [2.05, 4.69) is 11.9 Å². The fraction of sp³-hybridized carbons (Fsp3) is 0.250. The molecule has 4 rings (SSSR count). The molecule has 35 heavy (non-hydrogen) atoms. The second-order valence-electron chi connectivity index (χ2n) is 8.52. The molecule has 2 heterocycles. The molecule has 0 bridgehead atoms. The number of unbranched alkanes of at least 4 members (excludes halogenated alkanes) is 1. The minimum atomic E-state index is -0.770. The highest BCUT2D eigenvalue weighted by Crippen LogP contribution is 2.41. The Hall–Kier alpha value is -3.64. The summed E-state index contributed by atoms with van der Waals surface area (Å²) in [6, 6.07) is 15.0. The molecule has 0 spiro atoms. The molecule has 0 aliphatic carbocycles. The molecule has 1 saturated heterocycles. The van der Waals surface area contributed by atoms with Crippen LogP contribution in [0.2, 0.25) is 5.02 Å². The molecular weight excluding hydrogens is 464 g/mol. The predicted octanol–water partition coefficient (Wildman–Crippen LogP) is 5.84. The Bertz CT molecular complexity index is 1260. The van der Waals surface area contributed by atoms with Gasteiger partial charge in [-0.25, -0.2) is 0 Å². The van der Waals surface area contributed by atoms with Crippen LogP contribution in [-0.4, -0.2) is 33.3 Å². The van der Waals surface area contributed by atoms with Gasteiger partial charge in [0.05, 0.1) is 18.2 Å². The van der Waals surface area contributed by atoms with Crippen LogP contribution >= 0.6 is 11.6 Å². The molecule has 1 N–H and O–H groups in total. The molecular formula is C28H27ClN2O4. The van der Waals surface area contributed by atoms with Crippen LogP contribution in [0.5, 0.6) is 5.75 Å². The van der Waals surface area contributed by atoms with Crippen LogP contribution in [0.25, 0.3) is 5.76 Å². The number of halogens is 1. The second-order valence-corrected chi connectivity index (χ2v) is 8.96. The zero-order chi connectivity index (χ0) is 24.9. The van der Waals surface area contributed by atoms with Gasteiger partial charge in [-0.05, 0) is 66.4 Å². The topological polar surface area (TPSA) is 79.7 Å². The molecule has 6 nitrogen and oxygen atoms in total. The first-order valence-corrected chi connectivity index (χ1v) is 11.9. The number of Topliss-reactive ketones (excluding diaryl/α,β-unsaturated/α-hetero) is 1. The number of ketones is 1. The normalized spacial score (nSPS) is 17.1. The van der Waals surface area contributed by atoms with Gasteiger partial charge in [0.25, 0.3) is 11.7 Å². The fourth-order valence-electron chi connectivity index (χ4n) is 4.16. The number of aromatic nitrogens is 1. The molecule has 180 valence electrons. The minimum absolute atomic E-state index is 0.0419. The van der Waals surface area contributed by atoms with E-state index < -0.39 is 17.7 Å². The van der Waals surface area contributed by atoms with Gasteiger partial charge in [-0.3, -0.25) is 14.6 Å². The van der Waals surface area contributed by atoms with E-state index in [1.807, 2.05) is 13.0 Å². The summed E-state index contributed by atoms with van der Waals surface area (Å²) in [5, 5.41) is 11.8. The van der Waals surface area contributed by atoms with Gasteiger partial charge in [-0.2, -0.15) is 0 Å². The fourth-order valence-corrected chi connectivity index (χ4v) is 4.29. The first-order chi connectivity index (χ1) is 16.9. The van der Waals surface area contributed by atoms with Crippen molar-refractivity contribution in [3.05, 3.63) is 99.8 Å². The van der Waals surface area contributed by atoms with Crippen LogP contribution in [0.4, 0.5) is 0 Å². The van der Waals surface area contributed by atoms with E-state index in [9.17, 15) is 14.7 Å². The van der Waals surface area contributed by atoms with E-state index in [1.165, 1.54) is 4.90 Å². The number of nitrogens with zero attached hydrogens (tertiary/aromatic N) is 2. The summed E-state index contributed by atoms with van der Waals surface area (Å²) in [6.45, 7) is 4.76. The first-order valence-electron chi connectivity index (χ1n) is 11.6. The average molecular weight is 491 g/mol. The van der Waals surface area contributed by atoms with Crippen molar-refractivity contribution in [2.45, 2.75) is 39.3 Å². The summed E-state index contributed by atoms with van der Waals surface area (Å²) < 4.78 is 5.82. The van der Waals surface area contributed by atoms with E-state index >= 15 is 0 Å². The number of benzene rings is 2. The Morgan fingerprint density at radius 3 is 2.57 bits per heavy atom. The smallest absolute Gasteiger partial charge is 0.295 e. The van der Waals surface area contributed by atoms with Gasteiger partial charge in [0.1, 0.15) is 11.5 Å². The molecule has 1 aliphatic rings. The summed E-state index contributed by atoms with van der Waals surface area (Å²) in [5.41, 5.74) is 2.77. The van der Waals surface area contributed by atoms with Crippen molar-refractivity contribution in [2.75, 3.05) is 6.61 Å². The summed E-state index contributed by atoms with van der Waals surface area (Å²) in [6.07, 6.45) is 5.27. The lowest BCUT2D eigenvalue weighted by molar-refractivity contribution is -0.140. The second kappa shape index (κ2) is 10.7.